The molecule has 8 heteroatoms. The number of aryl methyl sites for hydroxylation is 1. The summed E-state index contributed by atoms with van der Waals surface area (Å²) in [4.78, 5) is 27.4. The van der Waals surface area contributed by atoms with Crippen LogP contribution < -0.4 is 10.9 Å². The van der Waals surface area contributed by atoms with Crippen molar-refractivity contribution >= 4 is 17.2 Å². The molecule has 29 heavy (non-hydrogen) atoms. The van der Waals surface area contributed by atoms with Crippen LogP contribution in [-0.2, 0) is 11.2 Å². The van der Waals surface area contributed by atoms with Crippen LogP contribution in [0.15, 0.2) is 46.7 Å². The van der Waals surface area contributed by atoms with Gasteiger partial charge in [0.15, 0.2) is 0 Å². The Morgan fingerprint density at radius 1 is 1.31 bits per heavy atom. The van der Waals surface area contributed by atoms with Crippen LogP contribution in [0.1, 0.15) is 23.5 Å². The maximum Gasteiger partial charge on any atom is 0.251 e. The third kappa shape index (κ3) is 4.90. The largest absolute Gasteiger partial charge is 0.379 e. The van der Waals surface area contributed by atoms with E-state index in [1.807, 2.05) is 19.1 Å². The Kier molecular flexibility index (Phi) is 6.33. The van der Waals surface area contributed by atoms with Crippen LogP contribution in [0, 0.1) is 0 Å². The van der Waals surface area contributed by atoms with Crippen molar-refractivity contribution in [2.75, 3.05) is 38.2 Å². The molecule has 152 valence electrons. The van der Waals surface area contributed by atoms with E-state index in [0.717, 1.165) is 56.3 Å². The molecule has 0 spiro atoms. The number of morpholine rings is 1. The van der Waals surface area contributed by atoms with E-state index in [4.69, 9.17) is 4.74 Å². The van der Waals surface area contributed by atoms with Gasteiger partial charge < -0.3 is 15.0 Å². The minimum absolute atomic E-state index is 0.140. The molecule has 1 unspecified atom stereocenters. The smallest absolute Gasteiger partial charge is 0.251 e. The first-order chi connectivity index (χ1) is 14.2. The highest BCUT2D eigenvalue weighted by atomic mass is 32.1. The van der Waals surface area contributed by atoms with Crippen molar-refractivity contribution in [3.63, 3.8) is 0 Å². The fraction of sp³-hybridized carbons (Fsp3) is 0.381. The zero-order valence-corrected chi connectivity index (χ0v) is 17.2. The average Bonchev–Trinajstić information content (AvgIpc) is 3.29. The molecule has 4 rings (SSSR count). The standard InChI is InChI=1S/C21H25N5O2S/c1-2-16-12-20(27)25-21(24-16)15-5-6-19(22-13-15)23-14-17(18-4-3-11-29-18)26-7-9-28-10-8-26/h3-6,11-13,17H,2,7-10,14H2,1H3,(H,22,23)(H,24,25,27). The topological polar surface area (TPSA) is 83.1 Å². The molecular formula is C21H25N5O2S. The Bertz CT molecular complexity index is 965. The van der Waals surface area contributed by atoms with Crippen LogP contribution in [-0.4, -0.2) is 52.7 Å². The van der Waals surface area contributed by atoms with Gasteiger partial charge in [0, 0.05) is 48.0 Å². The second-order valence-corrected chi connectivity index (χ2v) is 7.91. The fourth-order valence-electron chi connectivity index (χ4n) is 3.45. The molecule has 3 aromatic rings. The zero-order valence-electron chi connectivity index (χ0n) is 16.4. The van der Waals surface area contributed by atoms with Crippen molar-refractivity contribution in [2.24, 2.45) is 0 Å². The third-order valence-corrected chi connectivity index (χ3v) is 6.00. The van der Waals surface area contributed by atoms with Crippen LogP contribution in [0.2, 0.25) is 0 Å². The molecule has 0 radical (unpaired) electrons. The number of nitrogens with one attached hydrogen (secondary N) is 2. The summed E-state index contributed by atoms with van der Waals surface area (Å²) >= 11 is 1.78. The molecule has 0 amide bonds. The Morgan fingerprint density at radius 2 is 2.17 bits per heavy atom. The summed E-state index contributed by atoms with van der Waals surface area (Å²) in [7, 11) is 0. The highest BCUT2D eigenvalue weighted by molar-refractivity contribution is 7.10. The normalized spacial score (nSPS) is 15.9. The van der Waals surface area contributed by atoms with E-state index in [9.17, 15) is 4.79 Å². The maximum atomic E-state index is 11.8. The second-order valence-electron chi connectivity index (χ2n) is 6.93. The van der Waals surface area contributed by atoms with Gasteiger partial charge >= 0.3 is 0 Å². The highest BCUT2D eigenvalue weighted by Crippen LogP contribution is 2.26. The number of anilines is 1. The van der Waals surface area contributed by atoms with Gasteiger partial charge in [0.1, 0.15) is 11.6 Å². The van der Waals surface area contributed by atoms with Gasteiger partial charge in [0.05, 0.1) is 19.3 Å². The molecule has 0 bridgehead atoms. The van der Waals surface area contributed by atoms with E-state index in [0.29, 0.717) is 11.9 Å². The lowest BCUT2D eigenvalue weighted by Gasteiger charge is -2.34. The minimum atomic E-state index is -0.140. The summed E-state index contributed by atoms with van der Waals surface area (Å²) in [6.07, 6.45) is 2.46. The van der Waals surface area contributed by atoms with Gasteiger partial charge in [-0.1, -0.05) is 13.0 Å². The van der Waals surface area contributed by atoms with Crippen molar-refractivity contribution < 1.29 is 4.74 Å². The van der Waals surface area contributed by atoms with Gasteiger partial charge in [-0.2, -0.15) is 0 Å². The number of nitrogens with zero attached hydrogens (tertiary/aromatic N) is 3. The number of rotatable bonds is 7. The molecule has 1 aliphatic heterocycles. The molecule has 7 nitrogen and oxygen atoms in total. The third-order valence-electron chi connectivity index (χ3n) is 5.03. The van der Waals surface area contributed by atoms with E-state index in [2.05, 4.69) is 42.7 Å². The number of aromatic nitrogens is 3. The van der Waals surface area contributed by atoms with Gasteiger partial charge in [0.2, 0.25) is 0 Å². The maximum absolute atomic E-state index is 11.8. The quantitative estimate of drug-likeness (QED) is 0.622. The van der Waals surface area contributed by atoms with Gasteiger partial charge in [0.25, 0.3) is 5.56 Å². The number of aromatic amines is 1. The SMILES string of the molecule is CCc1cc(=O)[nH]c(-c2ccc(NCC(c3cccs3)N3CCOCC3)nc2)n1. The first-order valence-electron chi connectivity index (χ1n) is 9.88. The van der Waals surface area contributed by atoms with Crippen molar-refractivity contribution in [3.8, 4) is 11.4 Å². The molecule has 4 heterocycles. The lowest BCUT2D eigenvalue weighted by atomic mass is 10.2. The number of ether oxygens (including phenoxy) is 1. The molecule has 1 saturated heterocycles. The average molecular weight is 412 g/mol. The number of hydrogen-bond donors (Lipinski definition) is 2. The number of pyridine rings is 1. The van der Waals surface area contributed by atoms with Gasteiger partial charge in [-0.3, -0.25) is 9.69 Å². The van der Waals surface area contributed by atoms with Crippen LogP contribution in [0.3, 0.4) is 0 Å². The molecule has 0 aliphatic carbocycles. The summed E-state index contributed by atoms with van der Waals surface area (Å²) in [5.74, 6) is 1.36. The van der Waals surface area contributed by atoms with Crippen LogP contribution >= 0.6 is 11.3 Å². The van der Waals surface area contributed by atoms with Gasteiger partial charge in [-0.05, 0) is 30.0 Å². The summed E-state index contributed by atoms with van der Waals surface area (Å²) < 4.78 is 5.51. The van der Waals surface area contributed by atoms with Crippen LogP contribution in [0.25, 0.3) is 11.4 Å². The van der Waals surface area contributed by atoms with Crippen molar-refractivity contribution in [2.45, 2.75) is 19.4 Å². The first kappa shape index (κ1) is 19.8. The predicted octanol–water partition coefficient (Wildman–Crippen LogP) is 2.94. The Labute approximate surface area is 173 Å². The summed E-state index contributed by atoms with van der Waals surface area (Å²) in [5, 5.41) is 5.58. The number of hydrogen-bond acceptors (Lipinski definition) is 7. The first-order valence-corrected chi connectivity index (χ1v) is 10.8. The van der Waals surface area contributed by atoms with Crippen LogP contribution in [0.5, 0.6) is 0 Å². The Hall–Kier alpha value is -2.55. The lowest BCUT2D eigenvalue weighted by Crippen LogP contribution is -2.41. The van der Waals surface area contributed by atoms with E-state index < -0.39 is 0 Å². The predicted molar refractivity (Wildman–Crippen MR) is 115 cm³/mol. The van der Waals surface area contributed by atoms with E-state index in [1.165, 1.54) is 10.9 Å². The van der Waals surface area contributed by atoms with Gasteiger partial charge in [-0.15, -0.1) is 11.3 Å². The molecule has 2 N–H and O–H groups in total. The summed E-state index contributed by atoms with van der Waals surface area (Å²) in [6.45, 7) is 6.17. The minimum Gasteiger partial charge on any atom is -0.379 e. The van der Waals surface area contributed by atoms with E-state index >= 15 is 0 Å². The highest BCUT2D eigenvalue weighted by Gasteiger charge is 2.23. The van der Waals surface area contributed by atoms with E-state index in [1.54, 1.807) is 17.5 Å². The summed E-state index contributed by atoms with van der Waals surface area (Å²) in [5.41, 5.74) is 1.43. The Balaban J connectivity index is 1.46. The van der Waals surface area contributed by atoms with Gasteiger partial charge in [-0.25, -0.2) is 9.97 Å². The van der Waals surface area contributed by atoms with Crippen molar-refractivity contribution in [1.82, 2.24) is 19.9 Å². The lowest BCUT2D eigenvalue weighted by molar-refractivity contribution is 0.0194. The molecule has 0 saturated carbocycles. The molecular weight excluding hydrogens is 386 g/mol. The number of H-pyrrole nitrogens is 1. The van der Waals surface area contributed by atoms with Crippen LogP contribution in [0.4, 0.5) is 5.82 Å². The molecule has 0 aromatic carbocycles. The summed E-state index contributed by atoms with van der Waals surface area (Å²) in [6, 6.07) is 9.97. The van der Waals surface area contributed by atoms with Crippen molar-refractivity contribution in [1.29, 1.82) is 0 Å². The Morgan fingerprint density at radius 3 is 2.86 bits per heavy atom. The zero-order chi connectivity index (χ0) is 20.1. The molecule has 1 aliphatic rings. The molecule has 1 fully saturated rings. The molecule has 3 aromatic heterocycles. The second kappa shape index (κ2) is 9.30. The monoisotopic (exact) mass is 411 g/mol. The number of thiophene rings is 1. The van der Waals surface area contributed by atoms with E-state index in [-0.39, 0.29) is 5.56 Å². The molecule has 1 atom stereocenters. The fourth-order valence-corrected chi connectivity index (χ4v) is 4.31. The van der Waals surface area contributed by atoms with Crippen molar-refractivity contribution in [3.05, 3.63) is 62.8 Å².